The maximum atomic E-state index is 12.1. The average Bonchev–Trinajstić information content (AvgIpc) is 2.26. The number of carboxylic acid groups (broad SMARTS) is 1. The molecule has 0 bridgehead atoms. The van der Waals surface area contributed by atoms with Crippen molar-refractivity contribution in [1.29, 1.82) is 0 Å². The number of nitrogens with zero attached hydrogens (tertiary/aromatic N) is 1. The monoisotopic (exact) mass is 254 g/mol. The number of carbonyl (C=O) groups excluding carboxylic acids is 1. The lowest BCUT2D eigenvalue weighted by atomic mass is 9.84. The Bertz CT molecular complexity index is 328. The van der Waals surface area contributed by atoms with Gasteiger partial charge in [0.15, 0.2) is 0 Å². The van der Waals surface area contributed by atoms with Crippen LogP contribution in [-0.2, 0) is 9.59 Å². The van der Waals surface area contributed by atoms with Crippen LogP contribution in [0.1, 0.15) is 26.2 Å². The van der Waals surface area contributed by atoms with E-state index in [1.807, 2.05) is 11.8 Å². The van der Waals surface area contributed by atoms with Gasteiger partial charge in [-0.3, -0.25) is 9.59 Å². The Kier molecular flexibility index (Phi) is 4.22. The largest absolute Gasteiger partial charge is 0.481 e. The summed E-state index contributed by atoms with van der Waals surface area (Å²) in [6.07, 6.45) is 2.25. The Balaban J connectivity index is 1.87. The average molecular weight is 254 g/mol. The van der Waals surface area contributed by atoms with Gasteiger partial charge in [0.2, 0.25) is 5.91 Å². The second-order valence-electron chi connectivity index (χ2n) is 5.62. The summed E-state index contributed by atoms with van der Waals surface area (Å²) in [5, 5.41) is 12.0. The van der Waals surface area contributed by atoms with E-state index in [1.54, 1.807) is 0 Å². The summed E-state index contributed by atoms with van der Waals surface area (Å²) in [4.78, 5) is 24.8. The highest BCUT2D eigenvalue weighted by atomic mass is 16.4. The van der Waals surface area contributed by atoms with Crippen LogP contribution in [0.2, 0.25) is 0 Å². The molecule has 0 saturated carbocycles. The molecule has 2 saturated heterocycles. The number of carbonyl (C=O) groups is 2. The van der Waals surface area contributed by atoms with Gasteiger partial charge in [-0.15, -0.1) is 0 Å². The number of aliphatic carboxylic acids is 1. The van der Waals surface area contributed by atoms with E-state index in [0.29, 0.717) is 5.92 Å². The zero-order valence-electron chi connectivity index (χ0n) is 10.9. The summed E-state index contributed by atoms with van der Waals surface area (Å²) in [6.45, 7) is 5.16. The molecule has 2 aliphatic rings. The number of amides is 1. The number of nitrogens with one attached hydrogen (secondary N) is 1. The van der Waals surface area contributed by atoms with Crippen LogP contribution in [0.15, 0.2) is 0 Å². The lowest BCUT2D eigenvalue weighted by molar-refractivity contribution is -0.140. The molecule has 2 N–H and O–H groups in total. The van der Waals surface area contributed by atoms with Gasteiger partial charge >= 0.3 is 5.97 Å². The van der Waals surface area contributed by atoms with Gasteiger partial charge in [0.1, 0.15) is 0 Å². The molecule has 0 aromatic carbocycles. The van der Waals surface area contributed by atoms with Crippen molar-refractivity contribution >= 4 is 11.9 Å². The number of hydrogen-bond donors (Lipinski definition) is 2. The normalized spacial score (nSPS) is 26.5. The van der Waals surface area contributed by atoms with Crippen LogP contribution >= 0.6 is 0 Å². The fourth-order valence-electron chi connectivity index (χ4n) is 2.84. The van der Waals surface area contributed by atoms with E-state index in [2.05, 4.69) is 5.32 Å². The van der Waals surface area contributed by atoms with Crippen LogP contribution in [0.4, 0.5) is 0 Å². The van der Waals surface area contributed by atoms with Crippen LogP contribution in [0.3, 0.4) is 0 Å². The molecule has 2 aliphatic heterocycles. The Morgan fingerprint density at radius 3 is 2.72 bits per heavy atom. The third-order valence-corrected chi connectivity index (χ3v) is 4.20. The van der Waals surface area contributed by atoms with Crippen molar-refractivity contribution in [3.8, 4) is 0 Å². The van der Waals surface area contributed by atoms with Gasteiger partial charge in [0.25, 0.3) is 0 Å². The Labute approximate surface area is 108 Å². The first-order valence-corrected chi connectivity index (χ1v) is 6.79. The molecular formula is C13H22N2O3. The van der Waals surface area contributed by atoms with Crippen LogP contribution in [0.5, 0.6) is 0 Å². The summed E-state index contributed by atoms with van der Waals surface area (Å²) in [5.41, 5.74) is 0. The molecule has 0 aromatic heterocycles. The number of hydrogen-bond acceptors (Lipinski definition) is 3. The smallest absolute Gasteiger partial charge is 0.303 e. The molecule has 0 radical (unpaired) electrons. The summed E-state index contributed by atoms with van der Waals surface area (Å²) >= 11 is 0. The van der Waals surface area contributed by atoms with Crippen molar-refractivity contribution < 1.29 is 14.7 Å². The molecule has 2 fully saturated rings. The molecule has 2 unspecified atom stereocenters. The highest BCUT2D eigenvalue weighted by Crippen LogP contribution is 2.27. The molecule has 0 aromatic rings. The van der Waals surface area contributed by atoms with Crippen molar-refractivity contribution in [2.24, 2.45) is 17.8 Å². The van der Waals surface area contributed by atoms with Crippen LogP contribution in [-0.4, -0.2) is 48.1 Å². The first-order valence-electron chi connectivity index (χ1n) is 6.79. The number of rotatable bonds is 4. The highest BCUT2D eigenvalue weighted by Gasteiger charge is 2.33. The number of carboxylic acids is 1. The van der Waals surface area contributed by atoms with E-state index in [0.717, 1.165) is 39.0 Å². The first kappa shape index (κ1) is 13.3. The van der Waals surface area contributed by atoms with Crippen LogP contribution < -0.4 is 5.32 Å². The van der Waals surface area contributed by atoms with Crippen molar-refractivity contribution in [3.05, 3.63) is 0 Å². The van der Waals surface area contributed by atoms with Crippen molar-refractivity contribution in [2.45, 2.75) is 26.2 Å². The zero-order chi connectivity index (χ0) is 13.1. The zero-order valence-corrected chi connectivity index (χ0v) is 10.9. The maximum absolute atomic E-state index is 12.1. The van der Waals surface area contributed by atoms with Gasteiger partial charge in [0.05, 0.1) is 5.92 Å². The molecule has 102 valence electrons. The van der Waals surface area contributed by atoms with Crippen molar-refractivity contribution in [2.75, 3.05) is 26.2 Å². The molecule has 2 atom stereocenters. The second-order valence-corrected chi connectivity index (χ2v) is 5.62. The van der Waals surface area contributed by atoms with Gasteiger partial charge in [0, 0.05) is 32.6 Å². The maximum Gasteiger partial charge on any atom is 0.303 e. The molecule has 18 heavy (non-hydrogen) atoms. The lowest BCUT2D eigenvalue weighted by Gasteiger charge is -2.39. The minimum atomic E-state index is -0.742. The SMILES string of the molecule is CC(CC(=O)O)C1CCCN(C(=O)C2CNC2)C1. The molecule has 0 spiro atoms. The highest BCUT2D eigenvalue weighted by molar-refractivity contribution is 5.80. The molecule has 0 aliphatic carbocycles. The van der Waals surface area contributed by atoms with Crippen molar-refractivity contribution in [1.82, 2.24) is 10.2 Å². The van der Waals surface area contributed by atoms with E-state index in [1.165, 1.54) is 0 Å². The molecular weight excluding hydrogens is 232 g/mol. The molecule has 1 amide bonds. The molecule has 2 heterocycles. The summed E-state index contributed by atoms with van der Waals surface area (Å²) in [6, 6.07) is 0. The van der Waals surface area contributed by atoms with Gasteiger partial charge in [-0.2, -0.15) is 0 Å². The fourth-order valence-corrected chi connectivity index (χ4v) is 2.84. The molecule has 5 nitrogen and oxygen atoms in total. The van der Waals surface area contributed by atoms with Crippen LogP contribution in [0, 0.1) is 17.8 Å². The number of likely N-dealkylation sites (tertiary alicyclic amines) is 1. The van der Waals surface area contributed by atoms with Crippen LogP contribution in [0.25, 0.3) is 0 Å². The topological polar surface area (TPSA) is 69.6 Å². The second kappa shape index (κ2) is 5.69. The molecule has 2 rings (SSSR count). The third-order valence-electron chi connectivity index (χ3n) is 4.20. The summed E-state index contributed by atoms with van der Waals surface area (Å²) in [7, 11) is 0. The predicted molar refractivity (Wildman–Crippen MR) is 67.1 cm³/mol. The third kappa shape index (κ3) is 3.02. The minimum Gasteiger partial charge on any atom is -0.481 e. The van der Waals surface area contributed by atoms with E-state index in [4.69, 9.17) is 5.11 Å². The van der Waals surface area contributed by atoms with Crippen molar-refractivity contribution in [3.63, 3.8) is 0 Å². The van der Waals surface area contributed by atoms with Gasteiger partial charge in [-0.25, -0.2) is 0 Å². The first-order chi connectivity index (χ1) is 8.58. The van der Waals surface area contributed by atoms with E-state index < -0.39 is 5.97 Å². The summed E-state index contributed by atoms with van der Waals surface area (Å²) in [5.74, 6) is 0.151. The Morgan fingerprint density at radius 1 is 1.44 bits per heavy atom. The standard InChI is InChI=1S/C13H22N2O3/c1-9(5-12(16)17)10-3-2-4-15(8-10)13(18)11-6-14-7-11/h9-11,14H,2-8H2,1H3,(H,16,17). The van der Waals surface area contributed by atoms with Gasteiger partial charge in [-0.05, 0) is 24.7 Å². The quantitative estimate of drug-likeness (QED) is 0.769. The molecule has 5 heteroatoms. The Morgan fingerprint density at radius 2 is 2.17 bits per heavy atom. The van der Waals surface area contributed by atoms with Gasteiger partial charge in [-0.1, -0.05) is 6.92 Å². The lowest BCUT2D eigenvalue weighted by Crippen LogP contribution is -2.54. The van der Waals surface area contributed by atoms with E-state index >= 15 is 0 Å². The number of piperidine rings is 1. The predicted octanol–water partition coefficient (Wildman–Crippen LogP) is 0.555. The van der Waals surface area contributed by atoms with E-state index in [9.17, 15) is 9.59 Å². The fraction of sp³-hybridized carbons (Fsp3) is 0.846. The van der Waals surface area contributed by atoms with Gasteiger partial charge < -0.3 is 15.3 Å². The summed E-state index contributed by atoms with van der Waals surface area (Å²) < 4.78 is 0. The minimum absolute atomic E-state index is 0.151. The Hall–Kier alpha value is -1.10. The van der Waals surface area contributed by atoms with E-state index in [-0.39, 0.29) is 24.2 Å².